The van der Waals surface area contributed by atoms with Gasteiger partial charge in [-0.1, -0.05) is 0 Å². The van der Waals surface area contributed by atoms with E-state index in [0.29, 0.717) is 0 Å². The normalized spacial score (nSPS) is 12.9. The van der Waals surface area contributed by atoms with E-state index in [1.807, 2.05) is 7.05 Å². The first kappa shape index (κ1) is 11.3. The van der Waals surface area contributed by atoms with Crippen LogP contribution in [0.15, 0.2) is 23.2 Å². The molecule has 0 aromatic carbocycles. The Hall–Kier alpha value is -1.24. The monoisotopic (exact) mass is 237 g/mol. The summed E-state index contributed by atoms with van der Waals surface area (Å²) in [5.41, 5.74) is 4.13. The van der Waals surface area contributed by atoms with Crippen LogP contribution in [0.3, 0.4) is 0 Å². The Bertz CT molecular complexity index is 422. The standard InChI is InChI=1S/C10H15N5S/c1-15-10(12-7-13-15)5-9(14-11)4-8-2-3-16-6-8/h2-3,6-7,9,14H,4-5,11H2,1H3. The molecule has 5 nitrogen and oxygen atoms in total. The van der Waals surface area contributed by atoms with Gasteiger partial charge in [0.05, 0.1) is 0 Å². The van der Waals surface area contributed by atoms with Gasteiger partial charge in [0.1, 0.15) is 12.2 Å². The first-order chi connectivity index (χ1) is 7.79. The molecule has 6 heteroatoms. The highest BCUT2D eigenvalue weighted by Crippen LogP contribution is 2.10. The third kappa shape index (κ3) is 2.66. The summed E-state index contributed by atoms with van der Waals surface area (Å²) in [5.74, 6) is 6.49. The zero-order valence-corrected chi connectivity index (χ0v) is 9.94. The molecule has 2 heterocycles. The number of nitrogens with two attached hydrogens (primary N) is 1. The van der Waals surface area contributed by atoms with Crippen molar-refractivity contribution < 1.29 is 0 Å². The minimum Gasteiger partial charge on any atom is -0.271 e. The molecule has 1 unspecified atom stereocenters. The second-order valence-electron chi connectivity index (χ2n) is 3.70. The van der Waals surface area contributed by atoms with E-state index in [4.69, 9.17) is 5.84 Å². The Morgan fingerprint density at radius 1 is 1.56 bits per heavy atom. The van der Waals surface area contributed by atoms with E-state index in [-0.39, 0.29) is 6.04 Å². The third-order valence-electron chi connectivity index (χ3n) is 2.53. The van der Waals surface area contributed by atoms with Crippen molar-refractivity contribution in [3.8, 4) is 0 Å². The number of nitrogens with one attached hydrogen (secondary N) is 1. The summed E-state index contributed by atoms with van der Waals surface area (Å²) in [6.45, 7) is 0. The fourth-order valence-electron chi connectivity index (χ4n) is 1.61. The lowest BCUT2D eigenvalue weighted by Crippen LogP contribution is -2.39. The number of aromatic nitrogens is 3. The Morgan fingerprint density at radius 3 is 3.00 bits per heavy atom. The van der Waals surface area contributed by atoms with Gasteiger partial charge in [-0.25, -0.2) is 4.98 Å². The summed E-state index contributed by atoms with van der Waals surface area (Å²) >= 11 is 1.70. The van der Waals surface area contributed by atoms with Gasteiger partial charge in [0.2, 0.25) is 0 Å². The van der Waals surface area contributed by atoms with Gasteiger partial charge >= 0.3 is 0 Å². The predicted molar refractivity (Wildman–Crippen MR) is 63.8 cm³/mol. The van der Waals surface area contributed by atoms with Crippen LogP contribution in [0.2, 0.25) is 0 Å². The van der Waals surface area contributed by atoms with Crippen LogP contribution in [0.5, 0.6) is 0 Å². The number of hydrazine groups is 1. The molecule has 0 aliphatic heterocycles. The van der Waals surface area contributed by atoms with Crippen LogP contribution < -0.4 is 11.3 Å². The molecule has 3 N–H and O–H groups in total. The van der Waals surface area contributed by atoms with Gasteiger partial charge < -0.3 is 0 Å². The average molecular weight is 237 g/mol. The van der Waals surface area contributed by atoms with Crippen LogP contribution in [0.1, 0.15) is 11.4 Å². The zero-order chi connectivity index (χ0) is 11.4. The van der Waals surface area contributed by atoms with Gasteiger partial charge in [-0.2, -0.15) is 16.4 Å². The largest absolute Gasteiger partial charge is 0.271 e. The Kier molecular flexibility index (Phi) is 3.66. The van der Waals surface area contributed by atoms with Crippen LogP contribution in [-0.4, -0.2) is 20.8 Å². The van der Waals surface area contributed by atoms with Gasteiger partial charge in [0.15, 0.2) is 0 Å². The maximum absolute atomic E-state index is 5.55. The molecule has 0 spiro atoms. The summed E-state index contributed by atoms with van der Waals surface area (Å²) in [5, 5.41) is 8.25. The van der Waals surface area contributed by atoms with E-state index in [1.54, 1.807) is 22.3 Å². The minimum atomic E-state index is 0.192. The van der Waals surface area contributed by atoms with Gasteiger partial charge in [0, 0.05) is 19.5 Å². The summed E-state index contributed by atoms with van der Waals surface area (Å²) < 4.78 is 1.78. The van der Waals surface area contributed by atoms with Crippen LogP contribution >= 0.6 is 11.3 Å². The third-order valence-corrected chi connectivity index (χ3v) is 3.26. The highest BCUT2D eigenvalue weighted by Gasteiger charge is 2.12. The molecule has 0 aliphatic rings. The molecule has 0 aliphatic carbocycles. The molecule has 0 amide bonds. The van der Waals surface area contributed by atoms with Crippen molar-refractivity contribution in [3.63, 3.8) is 0 Å². The fraction of sp³-hybridized carbons (Fsp3) is 0.400. The molecule has 0 bridgehead atoms. The Labute approximate surface area is 98.3 Å². The van der Waals surface area contributed by atoms with E-state index < -0.39 is 0 Å². The molecule has 0 fully saturated rings. The maximum Gasteiger partial charge on any atom is 0.138 e. The molecule has 2 rings (SSSR count). The highest BCUT2D eigenvalue weighted by atomic mass is 32.1. The van der Waals surface area contributed by atoms with Crippen LogP contribution in [0.4, 0.5) is 0 Å². The number of nitrogens with zero attached hydrogens (tertiary/aromatic N) is 3. The second-order valence-corrected chi connectivity index (χ2v) is 4.48. The first-order valence-corrected chi connectivity index (χ1v) is 6.04. The molecule has 0 radical (unpaired) electrons. The van der Waals surface area contributed by atoms with Gasteiger partial charge in [-0.15, -0.1) is 0 Å². The van der Waals surface area contributed by atoms with Crippen molar-refractivity contribution in [3.05, 3.63) is 34.5 Å². The molecule has 86 valence electrons. The molecule has 2 aromatic rings. The first-order valence-electron chi connectivity index (χ1n) is 5.09. The van der Waals surface area contributed by atoms with E-state index in [2.05, 4.69) is 32.3 Å². The topological polar surface area (TPSA) is 68.8 Å². The van der Waals surface area contributed by atoms with E-state index in [9.17, 15) is 0 Å². The molecule has 1 atom stereocenters. The molecule has 2 aromatic heterocycles. The van der Waals surface area contributed by atoms with Gasteiger partial charge in [0.25, 0.3) is 0 Å². The van der Waals surface area contributed by atoms with Crippen molar-refractivity contribution >= 4 is 11.3 Å². The van der Waals surface area contributed by atoms with Crippen LogP contribution in [-0.2, 0) is 19.9 Å². The molecule has 0 saturated heterocycles. The lowest BCUT2D eigenvalue weighted by Gasteiger charge is -2.14. The van der Waals surface area contributed by atoms with Gasteiger partial charge in [-0.05, 0) is 28.8 Å². The Morgan fingerprint density at radius 2 is 2.44 bits per heavy atom. The highest BCUT2D eigenvalue weighted by molar-refractivity contribution is 7.07. The van der Waals surface area contributed by atoms with E-state index in [0.717, 1.165) is 18.7 Å². The number of hydrogen-bond acceptors (Lipinski definition) is 5. The van der Waals surface area contributed by atoms with Gasteiger partial charge in [-0.3, -0.25) is 16.0 Å². The summed E-state index contributed by atoms with van der Waals surface area (Å²) in [6, 6.07) is 2.31. The van der Waals surface area contributed by atoms with E-state index in [1.165, 1.54) is 5.56 Å². The minimum absolute atomic E-state index is 0.192. The lowest BCUT2D eigenvalue weighted by atomic mass is 10.1. The summed E-state index contributed by atoms with van der Waals surface area (Å²) in [4.78, 5) is 4.19. The van der Waals surface area contributed by atoms with E-state index >= 15 is 0 Å². The predicted octanol–water partition coefficient (Wildman–Crippen LogP) is 0.494. The quantitative estimate of drug-likeness (QED) is 0.587. The average Bonchev–Trinajstić information content (AvgIpc) is 2.90. The second kappa shape index (κ2) is 5.20. The summed E-state index contributed by atoms with van der Waals surface area (Å²) in [7, 11) is 1.89. The fourth-order valence-corrected chi connectivity index (χ4v) is 2.29. The SMILES string of the molecule is Cn1ncnc1CC(Cc1ccsc1)NN. The van der Waals surface area contributed by atoms with Crippen molar-refractivity contribution in [2.24, 2.45) is 12.9 Å². The smallest absolute Gasteiger partial charge is 0.138 e. The summed E-state index contributed by atoms with van der Waals surface area (Å²) in [6.07, 6.45) is 3.25. The van der Waals surface area contributed by atoms with Crippen LogP contribution in [0, 0.1) is 0 Å². The number of hydrogen-bond donors (Lipinski definition) is 2. The Balaban J connectivity index is 1.98. The lowest BCUT2D eigenvalue weighted by molar-refractivity contribution is 0.500. The molecular weight excluding hydrogens is 222 g/mol. The van der Waals surface area contributed by atoms with Crippen molar-refractivity contribution in [1.82, 2.24) is 20.2 Å². The zero-order valence-electron chi connectivity index (χ0n) is 9.13. The van der Waals surface area contributed by atoms with Crippen LogP contribution in [0.25, 0.3) is 0 Å². The van der Waals surface area contributed by atoms with Crippen molar-refractivity contribution in [1.29, 1.82) is 0 Å². The number of thiophene rings is 1. The molecule has 0 saturated carbocycles. The van der Waals surface area contributed by atoms with Crippen molar-refractivity contribution in [2.45, 2.75) is 18.9 Å². The molecule has 16 heavy (non-hydrogen) atoms. The maximum atomic E-state index is 5.55. The van der Waals surface area contributed by atoms with Crippen molar-refractivity contribution in [2.75, 3.05) is 0 Å². The molecular formula is C10H15N5S. The number of aryl methyl sites for hydroxylation is 1. The number of rotatable bonds is 5.